The first-order valence-corrected chi connectivity index (χ1v) is 15.0. The lowest BCUT2D eigenvalue weighted by Crippen LogP contribution is -1.85. The van der Waals surface area contributed by atoms with E-state index < -0.39 is 0 Å². The summed E-state index contributed by atoms with van der Waals surface area (Å²) >= 11 is 0. The molecule has 0 radical (unpaired) electrons. The maximum Gasteiger partial charge on any atom is 0.0266 e. The minimum atomic E-state index is -0.0949. The molecule has 6 unspecified atom stereocenters. The fourth-order valence-electron chi connectivity index (χ4n) is 0.577. The number of rotatable bonds is 6. The van der Waals surface area contributed by atoms with Crippen molar-refractivity contribution in [1.29, 1.82) is 0 Å². The third-order valence-corrected chi connectivity index (χ3v) is 3.15. The van der Waals surface area contributed by atoms with Crippen LogP contribution in [-0.2, 0) is 0 Å². The molecule has 0 saturated heterocycles. The molecular weight excluding hydrogens is 408 g/mol. The summed E-state index contributed by atoms with van der Waals surface area (Å²) in [7, 11) is 0. The van der Waals surface area contributed by atoms with Gasteiger partial charge in [0.15, 0.2) is 0 Å². The zero-order valence-corrected chi connectivity index (χ0v) is 29.6. The van der Waals surface area contributed by atoms with Crippen LogP contribution in [-0.4, -0.2) is 0 Å². The molecule has 0 spiro atoms. The van der Waals surface area contributed by atoms with Gasteiger partial charge < -0.3 is 0 Å². The van der Waals surface area contributed by atoms with E-state index in [1.165, 1.54) is 12.8 Å². The van der Waals surface area contributed by atoms with Gasteiger partial charge in [-0.15, -0.1) is 0 Å². The zero-order chi connectivity index (χ0) is 35.6. The minimum Gasteiger partial charge on any atom is -0.0683 e. The Morgan fingerprint density at radius 3 is 0.382 bits per heavy atom. The first-order valence-electron chi connectivity index (χ1n) is 18.5. The topological polar surface area (TPSA) is 0 Å². The summed E-state index contributed by atoms with van der Waals surface area (Å²) in [5.74, 6) is 0.611. The average molecular weight is 509 g/mol. The van der Waals surface area contributed by atoms with Crippen molar-refractivity contribution < 1.29 is 8.22 Å². The molecule has 0 saturated carbocycles. The van der Waals surface area contributed by atoms with Gasteiger partial charge in [0.25, 0.3) is 0 Å². The highest BCUT2D eigenvalue weighted by atomic mass is 14.0. The van der Waals surface area contributed by atoms with Crippen molar-refractivity contribution in [2.45, 2.75) is 210 Å². The van der Waals surface area contributed by atoms with Crippen LogP contribution in [0.5, 0.6) is 0 Å². The van der Waals surface area contributed by atoms with Crippen LogP contribution in [0.4, 0.5) is 0 Å². The minimum absolute atomic E-state index is 0.0949. The fraction of sp³-hybridized carbons (Fsp3) is 1.00. The summed E-state index contributed by atoms with van der Waals surface area (Å²) in [6.07, 6.45) is 1.93. The molecule has 0 fully saturated rings. The molecule has 0 nitrogen and oxygen atoms in total. The van der Waals surface area contributed by atoms with Gasteiger partial charge in [0.05, 0.1) is 0 Å². The van der Waals surface area contributed by atoms with Crippen LogP contribution in [0.3, 0.4) is 0 Å². The molecule has 0 aliphatic carbocycles. The van der Waals surface area contributed by atoms with Crippen molar-refractivity contribution in [3.8, 4) is 0 Å². The smallest absolute Gasteiger partial charge is 0.0266 e. The van der Waals surface area contributed by atoms with E-state index in [0.29, 0.717) is 0 Å². The van der Waals surface area contributed by atoms with Crippen LogP contribution < -0.4 is 0 Å². The molecule has 0 amide bonds. The summed E-state index contributed by atoms with van der Waals surface area (Å²) in [5.41, 5.74) is 0. The molecule has 0 heterocycles. The quantitative estimate of drug-likeness (QED) is 0.334. The molecule has 0 rings (SSSR count). The van der Waals surface area contributed by atoms with Gasteiger partial charge in [-0.3, -0.25) is 0 Å². The Morgan fingerprint density at radius 1 is 0.324 bits per heavy atom. The molecule has 6 atom stereocenters. The Bertz CT molecular complexity index is 225. The Kier molecular flexibility index (Phi) is 141. The summed E-state index contributed by atoms with van der Waals surface area (Å²) in [5, 5.41) is 0. The molecule has 0 aromatic carbocycles. The fourth-order valence-corrected chi connectivity index (χ4v) is 0.577. The number of hydrogen-bond donors (Lipinski definition) is 0. The lowest BCUT2D eigenvalue weighted by molar-refractivity contribution is 0.544. The lowest BCUT2D eigenvalue weighted by Gasteiger charge is -1.98. The zero-order valence-electron chi connectivity index (χ0n) is 35.6. The Labute approximate surface area is 236 Å². The highest BCUT2D eigenvalue weighted by Gasteiger charge is 1.89. The van der Waals surface area contributed by atoms with Crippen LogP contribution in [0.1, 0.15) is 219 Å². The predicted molar refractivity (Wildman–Crippen MR) is 178 cm³/mol. The third-order valence-electron chi connectivity index (χ3n) is 3.15. The standard InChI is InChI=1S/3C6H14.2C3H8.5C2H6/c3*1-4-6(3)5-2;2*1-3-2;5*1-2/h3*6H,4-5H2,1-3H3;2*3H2,1-2H3;5*1-2H3/i3*4T,5T;;;;;;;. The Balaban J connectivity index is -0.0000000336. The van der Waals surface area contributed by atoms with Crippen molar-refractivity contribution in [2.75, 3.05) is 0 Å². The van der Waals surface area contributed by atoms with E-state index >= 15 is 0 Å². The SMILES string of the molecule is CC.CC.CC.CC.CC.CCC.CCC.[3H]C(C)C(C)C([3H])C.[3H]C(C)C(C)C([3H])C.[3H]C(C)C(C)C([3H])C. The molecule has 0 aliphatic heterocycles. The monoisotopic (exact) mass is 509 g/mol. The molecule has 224 valence electrons. The van der Waals surface area contributed by atoms with Gasteiger partial charge in [-0.2, -0.15) is 0 Å². The van der Waals surface area contributed by atoms with Gasteiger partial charge in [-0.1, -0.05) is 210 Å². The molecule has 0 heteroatoms. The van der Waals surface area contributed by atoms with E-state index in [2.05, 4.69) is 27.7 Å². The van der Waals surface area contributed by atoms with E-state index in [9.17, 15) is 0 Å². The second-order valence-corrected chi connectivity index (χ2v) is 5.99. The average Bonchev–Trinajstić information content (AvgIpc) is 2.94. The van der Waals surface area contributed by atoms with Crippen molar-refractivity contribution in [2.24, 2.45) is 17.8 Å². The highest BCUT2D eigenvalue weighted by Crippen LogP contribution is 2.03. The second kappa shape index (κ2) is 117. The molecular formula is C34H88. The molecule has 0 bridgehead atoms. The first kappa shape index (κ1) is 41.1. The predicted octanol–water partition coefficient (Wildman–Crippen LogP) is 15.3. The van der Waals surface area contributed by atoms with E-state index in [0.717, 1.165) is 0 Å². The van der Waals surface area contributed by atoms with Crippen molar-refractivity contribution in [3.05, 3.63) is 0 Å². The third kappa shape index (κ3) is 214. The van der Waals surface area contributed by atoms with Gasteiger partial charge in [-0.05, 0) is 17.8 Å². The molecule has 34 heavy (non-hydrogen) atoms. The molecule has 0 N–H and O–H groups in total. The molecule has 0 aliphatic rings. The van der Waals surface area contributed by atoms with Crippen LogP contribution >= 0.6 is 0 Å². The summed E-state index contributed by atoms with van der Waals surface area (Å²) in [6, 6.07) is 0. The van der Waals surface area contributed by atoms with E-state index in [1.54, 1.807) is 0 Å². The van der Waals surface area contributed by atoms with Crippen LogP contribution in [0.15, 0.2) is 0 Å². The van der Waals surface area contributed by atoms with Gasteiger partial charge in [-0.25, -0.2) is 0 Å². The van der Waals surface area contributed by atoms with Crippen molar-refractivity contribution in [1.82, 2.24) is 0 Å². The van der Waals surface area contributed by atoms with Crippen LogP contribution in [0.2, 0.25) is 0 Å². The van der Waals surface area contributed by atoms with E-state index in [-0.39, 0.29) is 56.1 Å². The van der Waals surface area contributed by atoms with Gasteiger partial charge in [0, 0.05) is 8.22 Å². The summed E-state index contributed by atoms with van der Waals surface area (Å²) in [6.45, 7) is 45.3. The van der Waals surface area contributed by atoms with E-state index in [1.807, 2.05) is 132 Å². The maximum absolute atomic E-state index is 7.19. The van der Waals surface area contributed by atoms with Crippen LogP contribution in [0.25, 0.3) is 0 Å². The Morgan fingerprint density at radius 2 is 0.382 bits per heavy atom. The first-order chi connectivity index (χ1) is 18.5. The summed E-state index contributed by atoms with van der Waals surface area (Å²) < 4.78 is 43.2. The molecule has 0 aromatic rings. The lowest BCUT2D eigenvalue weighted by atomic mass is 10.1. The van der Waals surface area contributed by atoms with Gasteiger partial charge in [0.1, 0.15) is 0 Å². The van der Waals surface area contributed by atoms with Gasteiger partial charge in [0.2, 0.25) is 0 Å². The maximum atomic E-state index is 7.19. The van der Waals surface area contributed by atoms with Crippen molar-refractivity contribution in [3.63, 3.8) is 0 Å². The van der Waals surface area contributed by atoms with Crippen LogP contribution in [0, 0.1) is 17.8 Å². The second-order valence-electron chi connectivity index (χ2n) is 5.99. The van der Waals surface area contributed by atoms with Crippen molar-refractivity contribution >= 4 is 0 Å². The molecule has 0 aromatic heterocycles. The summed E-state index contributed by atoms with van der Waals surface area (Å²) in [4.78, 5) is 0. The Hall–Kier alpha value is 0. The van der Waals surface area contributed by atoms with Gasteiger partial charge >= 0.3 is 0 Å². The normalized spacial score (nSPS) is 17.7. The number of hydrogen-bond acceptors (Lipinski definition) is 0. The highest BCUT2D eigenvalue weighted by molar-refractivity contribution is 4.42. The van der Waals surface area contributed by atoms with E-state index in [4.69, 9.17) is 8.22 Å². The largest absolute Gasteiger partial charge is 0.0683 e.